The van der Waals surface area contributed by atoms with Crippen molar-refractivity contribution in [1.82, 2.24) is 0 Å². The molecule has 0 fully saturated rings. The molecule has 0 spiro atoms. The molecule has 1 radical (unpaired) electrons. The Morgan fingerprint density at radius 3 is 1.57 bits per heavy atom. The Balaban J connectivity index is 3.28. The van der Waals surface area contributed by atoms with E-state index >= 15 is 0 Å². The van der Waals surface area contributed by atoms with Crippen LogP contribution in [0.15, 0.2) is 18.2 Å². The molecule has 1 aromatic rings. The van der Waals surface area contributed by atoms with Crippen LogP contribution in [-0.4, -0.2) is 0 Å². The summed E-state index contributed by atoms with van der Waals surface area (Å²) in [5.74, 6) is 0.176. The Hall–Kier alpha value is -0.980. The van der Waals surface area contributed by atoms with Gasteiger partial charge in [-0.1, -0.05) is 81.4 Å². The first kappa shape index (κ1) is 20.1. The van der Waals surface area contributed by atoms with Gasteiger partial charge in [0.1, 0.15) is 0 Å². The average molecular weight is 318 g/mol. The SMILES string of the molecule is CC(C)(C)CC(C)(C)c1ccc([O])c(C(C)(C)CC(C)(C)C)c1. The Morgan fingerprint density at radius 2 is 1.13 bits per heavy atom. The Labute approximate surface area is 144 Å². The predicted molar refractivity (Wildman–Crippen MR) is 101 cm³/mol. The molecule has 131 valence electrons. The quantitative estimate of drug-likeness (QED) is 0.557. The Kier molecular flexibility index (Phi) is 5.36. The van der Waals surface area contributed by atoms with Crippen molar-refractivity contribution in [2.45, 2.75) is 92.9 Å². The van der Waals surface area contributed by atoms with E-state index in [1.807, 2.05) is 6.07 Å². The maximum atomic E-state index is 12.5. The lowest BCUT2D eigenvalue weighted by atomic mass is 9.68. The third-order valence-electron chi connectivity index (χ3n) is 4.43. The van der Waals surface area contributed by atoms with Gasteiger partial charge in [-0.2, -0.15) is 0 Å². The molecule has 1 aromatic carbocycles. The van der Waals surface area contributed by atoms with Crippen LogP contribution in [0.1, 0.15) is 93.2 Å². The molecule has 0 bridgehead atoms. The molecule has 0 amide bonds. The van der Waals surface area contributed by atoms with E-state index in [-0.39, 0.29) is 27.4 Å². The minimum Gasteiger partial charge on any atom is -0.290 e. The maximum absolute atomic E-state index is 12.5. The summed E-state index contributed by atoms with van der Waals surface area (Å²) in [5, 5.41) is 12.5. The van der Waals surface area contributed by atoms with Crippen molar-refractivity contribution < 1.29 is 5.11 Å². The molecule has 0 aliphatic heterocycles. The van der Waals surface area contributed by atoms with Crippen LogP contribution in [0.5, 0.6) is 5.75 Å². The number of benzene rings is 1. The molecule has 0 N–H and O–H groups in total. The first-order valence-electron chi connectivity index (χ1n) is 8.86. The summed E-state index contributed by atoms with van der Waals surface area (Å²) < 4.78 is 0. The van der Waals surface area contributed by atoms with Gasteiger partial charge in [-0.25, -0.2) is 0 Å². The van der Waals surface area contributed by atoms with Gasteiger partial charge in [-0.15, -0.1) is 0 Å². The van der Waals surface area contributed by atoms with Gasteiger partial charge in [0.15, 0.2) is 5.75 Å². The standard InChI is InChI=1S/C22H37O/c1-19(2,3)14-21(7,8)16-11-12-18(23)17(13-16)22(9,10)15-20(4,5)6/h11-13H,14-15H2,1-10H3. The normalized spacial score (nSPS) is 14.2. The zero-order valence-corrected chi connectivity index (χ0v) is 17.1. The Bertz CT molecular complexity index is 536. The predicted octanol–water partition coefficient (Wildman–Crippen LogP) is 7.26. The highest BCUT2D eigenvalue weighted by molar-refractivity contribution is 5.43. The van der Waals surface area contributed by atoms with Gasteiger partial charge in [0.2, 0.25) is 0 Å². The van der Waals surface area contributed by atoms with Crippen LogP contribution in [0.4, 0.5) is 0 Å². The minimum absolute atomic E-state index is 0.0680. The molecule has 0 saturated carbocycles. The molecule has 0 heterocycles. The third-order valence-corrected chi connectivity index (χ3v) is 4.43. The second-order valence-corrected chi connectivity index (χ2v) is 11.0. The molecule has 0 aliphatic carbocycles. The molecule has 0 atom stereocenters. The lowest BCUT2D eigenvalue weighted by Gasteiger charge is -2.36. The smallest absolute Gasteiger partial charge is 0.182 e. The highest BCUT2D eigenvalue weighted by atomic mass is 16.3. The number of hydrogen-bond acceptors (Lipinski definition) is 0. The van der Waals surface area contributed by atoms with Crippen LogP contribution in [0.3, 0.4) is 0 Å². The molecule has 1 rings (SSSR count). The lowest BCUT2D eigenvalue weighted by molar-refractivity contribution is 0.267. The minimum atomic E-state index is -0.108. The molecule has 1 heteroatoms. The van der Waals surface area contributed by atoms with Crippen LogP contribution < -0.4 is 0 Å². The third kappa shape index (κ3) is 5.86. The highest BCUT2D eigenvalue weighted by Crippen LogP contribution is 2.43. The van der Waals surface area contributed by atoms with Gasteiger partial charge in [-0.05, 0) is 46.1 Å². The van der Waals surface area contributed by atoms with Crippen LogP contribution in [0.25, 0.3) is 0 Å². The summed E-state index contributed by atoms with van der Waals surface area (Å²) in [6.07, 6.45) is 2.09. The number of rotatable bonds is 4. The number of hydrogen-bond donors (Lipinski definition) is 0. The van der Waals surface area contributed by atoms with Crippen molar-refractivity contribution in [3.8, 4) is 5.75 Å². The summed E-state index contributed by atoms with van der Waals surface area (Å²) >= 11 is 0. The van der Waals surface area contributed by atoms with Gasteiger partial charge in [0.25, 0.3) is 0 Å². The molecule has 0 unspecified atom stereocenters. The molecule has 0 aromatic heterocycles. The van der Waals surface area contributed by atoms with Crippen molar-refractivity contribution in [2.75, 3.05) is 0 Å². The van der Waals surface area contributed by atoms with E-state index in [0.717, 1.165) is 18.4 Å². The van der Waals surface area contributed by atoms with Crippen molar-refractivity contribution in [3.05, 3.63) is 29.3 Å². The molecule has 1 nitrogen and oxygen atoms in total. The largest absolute Gasteiger partial charge is 0.290 e. The molecular formula is C22H37O. The fourth-order valence-corrected chi connectivity index (χ4v) is 4.33. The van der Waals surface area contributed by atoms with Crippen molar-refractivity contribution in [3.63, 3.8) is 0 Å². The maximum Gasteiger partial charge on any atom is 0.182 e. The topological polar surface area (TPSA) is 19.9 Å². The van der Waals surface area contributed by atoms with Crippen molar-refractivity contribution in [1.29, 1.82) is 0 Å². The zero-order valence-electron chi connectivity index (χ0n) is 17.1. The van der Waals surface area contributed by atoms with Crippen LogP contribution in [0, 0.1) is 10.8 Å². The first-order valence-corrected chi connectivity index (χ1v) is 8.86. The van der Waals surface area contributed by atoms with E-state index in [1.165, 1.54) is 5.56 Å². The van der Waals surface area contributed by atoms with E-state index in [1.54, 1.807) is 6.07 Å². The fraction of sp³-hybridized carbons (Fsp3) is 0.727. The van der Waals surface area contributed by atoms with E-state index in [9.17, 15) is 5.11 Å². The van der Waals surface area contributed by atoms with Crippen LogP contribution >= 0.6 is 0 Å². The second-order valence-electron chi connectivity index (χ2n) is 11.0. The Morgan fingerprint density at radius 1 is 0.696 bits per heavy atom. The van der Waals surface area contributed by atoms with Gasteiger partial charge in [0.05, 0.1) is 0 Å². The fourth-order valence-electron chi connectivity index (χ4n) is 4.33. The summed E-state index contributed by atoms with van der Waals surface area (Å²) in [7, 11) is 0. The van der Waals surface area contributed by atoms with E-state index in [2.05, 4.69) is 75.3 Å². The van der Waals surface area contributed by atoms with Gasteiger partial charge in [0, 0.05) is 5.56 Å². The van der Waals surface area contributed by atoms with Crippen LogP contribution in [-0.2, 0) is 15.9 Å². The van der Waals surface area contributed by atoms with Crippen molar-refractivity contribution in [2.24, 2.45) is 10.8 Å². The van der Waals surface area contributed by atoms with Crippen molar-refractivity contribution >= 4 is 0 Å². The van der Waals surface area contributed by atoms with Gasteiger partial charge < -0.3 is 0 Å². The van der Waals surface area contributed by atoms with E-state index < -0.39 is 0 Å². The van der Waals surface area contributed by atoms with E-state index in [4.69, 9.17) is 0 Å². The highest BCUT2D eigenvalue weighted by Gasteiger charge is 2.33. The monoisotopic (exact) mass is 317 g/mol. The summed E-state index contributed by atoms with van der Waals surface area (Å²) in [6.45, 7) is 22.6. The average Bonchev–Trinajstić information content (AvgIpc) is 2.21. The van der Waals surface area contributed by atoms with E-state index in [0.29, 0.717) is 0 Å². The molecule has 0 saturated heterocycles. The second kappa shape index (κ2) is 6.15. The molecule has 0 aliphatic rings. The lowest BCUT2D eigenvalue weighted by Crippen LogP contribution is -2.27. The molecular weight excluding hydrogens is 280 g/mol. The first-order chi connectivity index (χ1) is 10.0. The van der Waals surface area contributed by atoms with Crippen LogP contribution in [0.2, 0.25) is 0 Å². The summed E-state index contributed by atoms with van der Waals surface area (Å²) in [6, 6.07) is 5.99. The molecule has 23 heavy (non-hydrogen) atoms. The van der Waals surface area contributed by atoms with Gasteiger partial charge >= 0.3 is 0 Å². The summed E-state index contributed by atoms with van der Waals surface area (Å²) in [5.41, 5.74) is 2.67. The summed E-state index contributed by atoms with van der Waals surface area (Å²) in [4.78, 5) is 0. The zero-order chi connectivity index (χ0) is 18.3. The van der Waals surface area contributed by atoms with Gasteiger partial charge in [-0.3, -0.25) is 5.11 Å².